The molecule has 1 amide bonds. The second-order valence-corrected chi connectivity index (χ2v) is 3.76. The van der Waals surface area contributed by atoms with Crippen LogP contribution in [0.15, 0.2) is 18.3 Å². The number of carbonyl (C=O) groups excluding carboxylic acids is 1. The molecule has 0 saturated carbocycles. The number of aromatic nitrogens is 1. The number of pyridine rings is 1. The van der Waals surface area contributed by atoms with Gasteiger partial charge in [-0.25, -0.2) is 0 Å². The molecule has 1 aromatic heterocycles. The van der Waals surface area contributed by atoms with Gasteiger partial charge in [0.25, 0.3) is 5.91 Å². The first-order chi connectivity index (χ1) is 7.27. The summed E-state index contributed by atoms with van der Waals surface area (Å²) in [5, 5.41) is 3.22. The van der Waals surface area contributed by atoms with Crippen molar-refractivity contribution < 1.29 is 4.79 Å². The Kier molecular flexibility index (Phi) is 2.97. The Bertz CT molecular complexity index is 359. The maximum Gasteiger partial charge on any atom is 0.272 e. The summed E-state index contributed by atoms with van der Waals surface area (Å²) < 4.78 is 0. The van der Waals surface area contributed by atoms with Crippen LogP contribution in [0.1, 0.15) is 16.1 Å². The largest absolute Gasteiger partial charge is 0.335 e. The predicted molar refractivity (Wildman–Crippen MR) is 57.7 cm³/mol. The molecule has 15 heavy (non-hydrogen) atoms. The Morgan fingerprint density at radius 1 is 1.47 bits per heavy atom. The number of rotatable bonds is 1. The summed E-state index contributed by atoms with van der Waals surface area (Å²) in [6.07, 6.45) is 1.69. The van der Waals surface area contributed by atoms with E-state index >= 15 is 0 Å². The first-order valence-corrected chi connectivity index (χ1v) is 5.20. The summed E-state index contributed by atoms with van der Waals surface area (Å²) in [4.78, 5) is 17.9. The van der Waals surface area contributed by atoms with Gasteiger partial charge in [-0.1, -0.05) is 0 Å². The lowest BCUT2D eigenvalue weighted by molar-refractivity contribution is 0.0730. The molecule has 0 radical (unpaired) electrons. The number of aryl methyl sites for hydroxylation is 1. The fourth-order valence-electron chi connectivity index (χ4n) is 1.68. The van der Waals surface area contributed by atoms with Gasteiger partial charge in [-0.3, -0.25) is 9.78 Å². The van der Waals surface area contributed by atoms with E-state index in [-0.39, 0.29) is 5.91 Å². The minimum Gasteiger partial charge on any atom is -0.335 e. The molecule has 1 N–H and O–H groups in total. The van der Waals surface area contributed by atoms with Crippen LogP contribution in [-0.4, -0.2) is 42.0 Å². The van der Waals surface area contributed by atoms with E-state index in [1.54, 1.807) is 6.20 Å². The van der Waals surface area contributed by atoms with Crippen LogP contribution in [0.25, 0.3) is 0 Å². The standard InChI is InChI=1S/C11H15N3O/c1-9-2-3-13-10(8-9)11(15)14-6-4-12-5-7-14/h2-3,8,12H,4-7H2,1H3. The monoisotopic (exact) mass is 205 g/mol. The number of hydrogen-bond donors (Lipinski definition) is 1. The van der Waals surface area contributed by atoms with Crippen LogP contribution in [0.2, 0.25) is 0 Å². The number of amides is 1. The zero-order valence-electron chi connectivity index (χ0n) is 8.86. The van der Waals surface area contributed by atoms with Crippen LogP contribution in [-0.2, 0) is 0 Å². The van der Waals surface area contributed by atoms with Crippen LogP contribution < -0.4 is 5.32 Å². The van der Waals surface area contributed by atoms with Gasteiger partial charge in [0.1, 0.15) is 5.69 Å². The van der Waals surface area contributed by atoms with Crippen molar-refractivity contribution in [2.75, 3.05) is 26.2 Å². The highest BCUT2D eigenvalue weighted by molar-refractivity contribution is 5.92. The third-order valence-corrected chi connectivity index (χ3v) is 2.54. The molecule has 2 rings (SSSR count). The molecular formula is C11H15N3O. The molecule has 2 heterocycles. The second-order valence-electron chi connectivity index (χ2n) is 3.76. The van der Waals surface area contributed by atoms with E-state index in [1.165, 1.54) is 0 Å². The van der Waals surface area contributed by atoms with E-state index in [9.17, 15) is 4.79 Å². The van der Waals surface area contributed by atoms with E-state index in [0.29, 0.717) is 5.69 Å². The molecule has 0 aliphatic carbocycles. The average Bonchev–Trinajstić information content (AvgIpc) is 2.29. The first kappa shape index (κ1) is 10.1. The van der Waals surface area contributed by atoms with Gasteiger partial charge in [0.05, 0.1) is 0 Å². The summed E-state index contributed by atoms with van der Waals surface area (Å²) >= 11 is 0. The van der Waals surface area contributed by atoms with Gasteiger partial charge in [-0.2, -0.15) is 0 Å². The van der Waals surface area contributed by atoms with Crippen molar-refractivity contribution in [2.45, 2.75) is 6.92 Å². The third kappa shape index (κ3) is 2.33. The molecule has 1 aromatic rings. The molecule has 0 spiro atoms. The predicted octanol–water partition coefficient (Wildman–Crippen LogP) is 0.435. The van der Waals surface area contributed by atoms with Crippen molar-refractivity contribution in [2.24, 2.45) is 0 Å². The van der Waals surface area contributed by atoms with Crippen LogP contribution in [0.4, 0.5) is 0 Å². The lowest BCUT2D eigenvalue weighted by atomic mass is 10.2. The summed E-state index contributed by atoms with van der Waals surface area (Å²) in [6, 6.07) is 3.74. The summed E-state index contributed by atoms with van der Waals surface area (Å²) in [6.45, 7) is 5.26. The number of hydrogen-bond acceptors (Lipinski definition) is 3. The minimum atomic E-state index is 0.0419. The Hall–Kier alpha value is -1.42. The van der Waals surface area contributed by atoms with E-state index < -0.39 is 0 Å². The van der Waals surface area contributed by atoms with Crippen molar-refractivity contribution in [1.82, 2.24) is 15.2 Å². The van der Waals surface area contributed by atoms with E-state index in [4.69, 9.17) is 0 Å². The van der Waals surface area contributed by atoms with Gasteiger partial charge in [0.2, 0.25) is 0 Å². The fraction of sp³-hybridized carbons (Fsp3) is 0.455. The van der Waals surface area contributed by atoms with Gasteiger partial charge in [0.15, 0.2) is 0 Å². The molecule has 0 bridgehead atoms. The van der Waals surface area contributed by atoms with Crippen LogP contribution in [0, 0.1) is 6.92 Å². The van der Waals surface area contributed by atoms with E-state index in [0.717, 1.165) is 31.7 Å². The molecule has 0 unspecified atom stereocenters. The first-order valence-electron chi connectivity index (χ1n) is 5.20. The number of piperazine rings is 1. The normalized spacial score (nSPS) is 16.5. The molecule has 1 saturated heterocycles. The van der Waals surface area contributed by atoms with Crippen molar-refractivity contribution in [3.8, 4) is 0 Å². The van der Waals surface area contributed by atoms with Crippen LogP contribution >= 0.6 is 0 Å². The highest BCUT2D eigenvalue weighted by Gasteiger charge is 2.18. The number of nitrogens with zero attached hydrogens (tertiary/aromatic N) is 2. The molecule has 4 nitrogen and oxygen atoms in total. The van der Waals surface area contributed by atoms with Crippen LogP contribution in [0.5, 0.6) is 0 Å². The lowest BCUT2D eigenvalue weighted by Gasteiger charge is -2.27. The van der Waals surface area contributed by atoms with Crippen molar-refractivity contribution >= 4 is 5.91 Å². The summed E-state index contributed by atoms with van der Waals surface area (Å²) in [5.41, 5.74) is 1.63. The van der Waals surface area contributed by atoms with Crippen molar-refractivity contribution in [3.63, 3.8) is 0 Å². The molecule has 0 atom stereocenters. The van der Waals surface area contributed by atoms with Gasteiger partial charge < -0.3 is 10.2 Å². The quantitative estimate of drug-likeness (QED) is 0.723. The molecule has 0 aromatic carbocycles. The van der Waals surface area contributed by atoms with E-state index in [1.807, 2.05) is 24.0 Å². The Balaban J connectivity index is 2.12. The molecule has 4 heteroatoms. The SMILES string of the molecule is Cc1ccnc(C(=O)N2CCNCC2)c1. The van der Waals surface area contributed by atoms with Crippen LogP contribution in [0.3, 0.4) is 0 Å². The average molecular weight is 205 g/mol. The highest BCUT2D eigenvalue weighted by atomic mass is 16.2. The molecule has 80 valence electrons. The second kappa shape index (κ2) is 4.40. The third-order valence-electron chi connectivity index (χ3n) is 2.54. The summed E-state index contributed by atoms with van der Waals surface area (Å²) in [7, 11) is 0. The minimum absolute atomic E-state index is 0.0419. The van der Waals surface area contributed by atoms with Gasteiger partial charge in [-0.15, -0.1) is 0 Å². The van der Waals surface area contributed by atoms with E-state index in [2.05, 4.69) is 10.3 Å². The Labute approximate surface area is 89.3 Å². The summed E-state index contributed by atoms with van der Waals surface area (Å²) in [5.74, 6) is 0.0419. The highest BCUT2D eigenvalue weighted by Crippen LogP contribution is 2.05. The maximum absolute atomic E-state index is 12.0. The molecule has 1 aliphatic heterocycles. The Morgan fingerprint density at radius 3 is 2.87 bits per heavy atom. The molecular weight excluding hydrogens is 190 g/mol. The van der Waals surface area contributed by atoms with Crippen molar-refractivity contribution in [1.29, 1.82) is 0 Å². The number of nitrogens with one attached hydrogen (secondary N) is 1. The molecule has 1 fully saturated rings. The van der Waals surface area contributed by atoms with Gasteiger partial charge in [0, 0.05) is 32.4 Å². The van der Waals surface area contributed by atoms with Crippen molar-refractivity contribution in [3.05, 3.63) is 29.6 Å². The number of carbonyl (C=O) groups is 1. The van der Waals surface area contributed by atoms with Gasteiger partial charge in [-0.05, 0) is 24.6 Å². The maximum atomic E-state index is 12.0. The lowest BCUT2D eigenvalue weighted by Crippen LogP contribution is -2.46. The topological polar surface area (TPSA) is 45.2 Å². The fourth-order valence-corrected chi connectivity index (χ4v) is 1.68. The molecule has 1 aliphatic rings. The van der Waals surface area contributed by atoms with Gasteiger partial charge >= 0.3 is 0 Å². The zero-order chi connectivity index (χ0) is 10.7. The zero-order valence-corrected chi connectivity index (χ0v) is 8.86. The smallest absolute Gasteiger partial charge is 0.272 e. The Morgan fingerprint density at radius 2 is 2.20 bits per heavy atom.